The Morgan fingerprint density at radius 3 is 2.90 bits per heavy atom. The second kappa shape index (κ2) is 4.65. The minimum absolute atomic E-state index is 0.0493. The zero-order chi connectivity index (χ0) is 14.1. The smallest absolute Gasteiger partial charge is 0.170 e. The molecule has 0 atom stereocenters. The number of nitrogens with two attached hydrogens (primary N) is 1. The van der Waals surface area contributed by atoms with Crippen LogP contribution in [-0.4, -0.2) is 25.8 Å². The minimum atomic E-state index is 0.0493. The fourth-order valence-electron chi connectivity index (χ4n) is 2.12. The fraction of sp³-hybridized carbons (Fsp3) is 0.0714. The molecule has 0 saturated heterocycles. The first kappa shape index (κ1) is 12.2. The maximum atomic E-state index is 8.79. The molecule has 6 nitrogen and oxygen atoms in total. The molecule has 0 aliphatic carbocycles. The summed E-state index contributed by atoms with van der Waals surface area (Å²) in [6.45, 7) is 1.85. The van der Waals surface area contributed by atoms with Crippen molar-refractivity contribution >= 4 is 16.7 Å². The quantitative estimate of drug-likeness (QED) is 0.321. The van der Waals surface area contributed by atoms with Gasteiger partial charge in [-0.15, -0.1) is 0 Å². The fourth-order valence-corrected chi connectivity index (χ4v) is 2.12. The maximum Gasteiger partial charge on any atom is 0.170 e. The molecule has 0 bridgehead atoms. The van der Waals surface area contributed by atoms with E-state index < -0.39 is 0 Å². The standard InChI is InChI=1S/C14H13N5O/c1-9-6-11(14(15)18-20)7-13(17-9)19-12-5-3-2-4-10(12)8-16-19/h2-8,20H,1H3,(H2,15,18). The van der Waals surface area contributed by atoms with Crippen molar-refractivity contribution in [2.24, 2.45) is 10.9 Å². The van der Waals surface area contributed by atoms with Crippen molar-refractivity contribution in [2.75, 3.05) is 0 Å². The molecule has 20 heavy (non-hydrogen) atoms. The van der Waals surface area contributed by atoms with Crippen LogP contribution in [0.2, 0.25) is 0 Å². The third kappa shape index (κ3) is 1.97. The molecule has 1 aromatic carbocycles. The van der Waals surface area contributed by atoms with Gasteiger partial charge in [-0.3, -0.25) is 0 Å². The van der Waals surface area contributed by atoms with Crippen LogP contribution in [0.1, 0.15) is 11.3 Å². The predicted molar refractivity (Wildman–Crippen MR) is 76.1 cm³/mol. The molecule has 0 aliphatic heterocycles. The second-order valence-corrected chi connectivity index (χ2v) is 4.46. The molecule has 0 unspecified atom stereocenters. The summed E-state index contributed by atoms with van der Waals surface area (Å²) in [7, 11) is 0. The molecule has 6 heteroatoms. The van der Waals surface area contributed by atoms with Crippen molar-refractivity contribution in [3.8, 4) is 5.82 Å². The van der Waals surface area contributed by atoms with Gasteiger partial charge in [0, 0.05) is 16.6 Å². The molecule has 0 amide bonds. The zero-order valence-electron chi connectivity index (χ0n) is 10.9. The van der Waals surface area contributed by atoms with E-state index in [9.17, 15) is 0 Å². The van der Waals surface area contributed by atoms with Crippen LogP contribution in [0.4, 0.5) is 0 Å². The molecule has 0 aliphatic rings. The van der Waals surface area contributed by atoms with E-state index in [4.69, 9.17) is 10.9 Å². The number of nitrogens with zero attached hydrogens (tertiary/aromatic N) is 4. The van der Waals surface area contributed by atoms with E-state index >= 15 is 0 Å². The summed E-state index contributed by atoms with van der Waals surface area (Å²) in [5, 5.41) is 17.2. The minimum Gasteiger partial charge on any atom is -0.409 e. The van der Waals surface area contributed by atoms with Gasteiger partial charge in [-0.2, -0.15) is 5.10 Å². The zero-order valence-corrected chi connectivity index (χ0v) is 10.9. The van der Waals surface area contributed by atoms with E-state index in [-0.39, 0.29) is 5.84 Å². The lowest BCUT2D eigenvalue weighted by Crippen LogP contribution is -2.15. The van der Waals surface area contributed by atoms with Crippen molar-refractivity contribution < 1.29 is 5.21 Å². The van der Waals surface area contributed by atoms with Gasteiger partial charge in [-0.1, -0.05) is 23.4 Å². The third-order valence-corrected chi connectivity index (χ3v) is 3.04. The van der Waals surface area contributed by atoms with Crippen molar-refractivity contribution in [3.05, 3.63) is 53.9 Å². The van der Waals surface area contributed by atoms with Crippen molar-refractivity contribution in [3.63, 3.8) is 0 Å². The molecule has 0 spiro atoms. The summed E-state index contributed by atoms with van der Waals surface area (Å²) in [4.78, 5) is 4.45. The molecule has 0 fully saturated rings. The van der Waals surface area contributed by atoms with Crippen LogP contribution in [0, 0.1) is 6.92 Å². The molecule has 3 N–H and O–H groups in total. The number of hydrogen-bond donors (Lipinski definition) is 2. The first-order valence-corrected chi connectivity index (χ1v) is 6.09. The van der Waals surface area contributed by atoms with Gasteiger partial charge in [0.25, 0.3) is 0 Å². The van der Waals surface area contributed by atoms with Crippen LogP contribution >= 0.6 is 0 Å². The van der Waals surface area contributed by atoms with E-state index in [0.717, 1.165) is 16.6 Å². The highest BCUT2D eigenvalue weighted by molar-refractivity contribution is 5.97. The Labute approximate surface area is 115 Å². The van der Waals surface area contributed by atoms with Gasteiger partial charge in [-0.25, -0.2) is 9.67 Å². The second-order valence-electron chi connectivity index (χ2n) is 4.46. The molecule has 3 rings (SSSR count). The Balaban J connectivity index is 2.22. The van der Waals surface area contributed by atoms with Gasteiger partial charge < -0.3 is 10.9 Å². The normalized spacial score (nSPS) is 11.9. The lowest BCUT2D eigenvalue weighted by Gasteiger charge is -2.07. The highest BCUT2D eigenvalue weighted by atomic mass is 16.4. The largest absolute Gasteiger partial charge is 0.409 e. The number of rotatable bonds is 2. The third-order valence-electron chi connectivity index (χ3n) is 3.04. The topological polar surface area (TPSA) is 89.3 Å². The number of aryl methyl sites for hydroxylation is 1. The number of aromatic nitrogens is 3. The van der Waals surface area contributed by atoms with E-state index in [0.29, 0.717) is 11.4 Å². The maximum absolute atomic E-state index is 8.79. The van der Waals surface area contributed by atoms with Crippen molar-refractivity contribution in [2.45, 2.75) is 6.92 Å². The number of fused-ring (bicyclic) bond motifs is 1. The highest BCUT2D eigenvalue weighted by Crippen LogP contribution is 2.18. The average molecular weight is 267 g/mol. The van der Waals surface area contributed by atoms with Crippen LogP contribution in [0.3, 0.4) is 0 Å². The van der Waals surface area contributed by atoms with E-state index in [2.05, 4.69) is 15.2 Å². The van der Waals surface area contributed by atoms with Gasteiger partial charge in [-0.05, 0) is 25.1 Å². The summed E-state index contributed by atoms with van der Waals surface area (Å²) >= 11 is 0. The summed E-state index contributed by atoms with van der Waals surface area (Å²) in [5.41, 5.74) is 7.97. The Kier molecular flexibility index (Phi) is 2.83. The molecular weight excluding hydrogens is 254 g/mol. The Morgan fingerprint density at radius 2 is 2.10 bits per heavy atom. The molecule has 3 aromatic rings. The molecule has 2 heterocycles. The van der Waals surface area contributed by atoms with Gasteiger partial charge in [0.05, 0.1) is 11.7 Å². The number of amidine groups is 1. The van der Waals surface area contributed by atoms with E-state index in [1.807, 2.05) is 31.2 Å². The number of oxime groups is 1. The van der Waals surface area contributed by atoms with E-state index in [1.54, 1.807) is 23.0 Å². The van der Waals surface area contributed by atoms with Gasteiger partial charge in [0.2, 0.25) is 0 Å². The monoisotopic (exact) mass is 267 g/mol. The van der Waals surface area contributed by atoms with E-state index in [1.165, 1.54) is 0 Å². The lowest BCUT2D eigenvalue weighted by molar-refractivity contribution is 0.318. The first-order valence-electron chi connectivity index (χ1n) is 6.09. The van der Waals surface area contributed by atoms with Crippen molar-refractivity contribution in [1.29, 1.82) is 0 Å². The van der Waals surface area contributed by atoms with Crippen molar-refractivity contribution in [1.82, 2.24) is 14.8 Å². The summed E-state index contributed by atoms with van der Waals surface area (Å²) in [6, 6.07) is 11.3. The molecular formula is C14H13N5O. The van der Waals surface area contributed by atoms with Crippen LogP contribution in [-0.2, 0) is 0 Å². The lowest BCUT2D eigenvalue weighted by atomic mass is 10.2. The Bertz CT molecular complexity index is 806. The number of benzene rings is 1. The summed E-state index contributed by atoms with van der Waals surface area (Å²) in [6.07, 6.45) is 1.78. The first-order chi connectivity index (χ1) is 9.69. The number of pyridine rings is 1. The van der Waals surface area contributed by atoms with Gasteiger partial charge in [0.15, 0.2) is 11.7 Å². The summed E-state index contributed by atoms with van der Waals surface area (Å²) in [5.74, 6) is 0.681. The van der Waals surface area contributed by atoms with Crippen LogP contribution < -0.4 is 5.73 Å². The van der Waals surface area contributed by atoms with Gasteiger partial charge >= 0.3 is 0 Å². The Morgan fingerprint density at radius 1 is 1.30 bits per heavy atom. The van der Waals surface area contributed by atoms with Gasteiger partial charge in [0.1, 0.15) is 0 Å². The number of para-hydroxylation sites is 1. The Hall–Kier alpha value is -2.89. The predicted octanol–water partition coefficient (Wildman–Crippen LogP) is 1.82. The average Bonchev–Trinajstić information content (AvgIpc) is 2.89. The highest BCUT2D eigenvalue weighted by Gasteiger charge is 2.09. The molecule has 0 radical (unpaired) electrons. The molecule has 0 saturated carbocycles. The van der Waals surface area contributed by atoms with Crippen LogP contribution in [0.5, 0.6) is 0 Å². The SMILES string of the molecule is Cc1cc(/C(N)=N/O)cc(-n2ncc3ccccc32)n1. The molecule has 2 aromatic heterocycles. The van der Waals surface area contributed by atoms with Crippen LogP contribution in [0.15, 0.2) is 47.8 Å². The van der Waals surface area contributed by atoms with Crippen LogP contribution in [0.25, 0.3) is 16.7 Å². The number of hydrogen-bond acceptors (Lipinski definition) is 4. The summed E-state index contributed by atoms with van der Waals surface area (Å²) < 4.78 is 1.73. The molecule has 100 valence electrons.